The molecule has 25 heavy (non-hydrogen) atoms. The van der Waals surface area contributed by atoms with Crippen LogP contribution in [0.1, 0.15) is 11.1 Å². The summed E-state index contributed by atoms with van der Waals surface area (Å²) >= 11 is 0. The Labute approximate surface area is 131 Å². The molecule has 0 unspecified atom stereocenters. The molecule has 0 aliphatic heterocycles. The molecule has 0 aliphatic rings. The fourth-order valence-corrected chi connectivity index (χ4v) is 1.60. The van der Waals surface area contributed by atoms with Crippen molar-refractivity contribution in [2.75, 3.05) is 6.61 Å². The topological polar surface area (TPSA) is 9.23 Å². The molecule has 1 aromatic rings. The summed E-state index contributed by atoms with van der Waals surface area (Å²) in [5.41, 5.74) is -3.67. The summed E-state index contributed by atoms with van der Waals surface area (Å²) in [4.78, 5) is 0. The van der Waals surface area contributed by atoms with Crippen LogP contribution in [0.15, 0.2) is 18.2 Å². The lowest BCUT2D eigenvalue weighted by Gasteiger charge is -2.24. The van der Waals surface area contributed by atoms with Crippen LogP contribution in [0.5, 0.6) is 5.75 Å². The number of rotatable bonds is 3. The molecule has 0 N–H and O–H groups in total. The van der Waals surface area contributed by atoms with Gasteiger partial charge in [-0.25, -0.2) is 0 Å². The van der Waals surface area contributed by atoms with E-state index in [0.29, 0.717) is 0 Å². The lowest BCUT2D eigenvalue weighted by molar-refractivity contribution is -0.289. The molecule has 1 nitrogen and oxygen atoms in total. The van der Waals surface area contributed by atoms with Gasteiger partial charge in [-0.2, -0.15) is 52.7 Å². The van der Waals surface area contributed by atoms with Crippen LogP contribution in [0.2, 0.25) is 0 Å². The third kappa shape index (κ3) is 5.59. The first-order valence-electron chi connectivity index (χ1n) is 5.98. The highest BCUT2D eigenvalue weighted by molar-refractivity contribution is 5.40. The number of hydrogen-bond donors (Lipinski definition) is 0. The summed E-state index contributed by atoms with van der Waals surface area (Å²) < 4.78 is 153. The maximum Gasteiger partial charge on any atom is 0.419 e. The van der Waals surface area contributed by atoms with Gasteiger partial charge in [-0.3, -0.25) is 0 Å². The summed E-state index contributed by atoms with van der Waals surface area (Å²) in [6.07, 6.45) is -22.4. The van der Waals surface area contributed by atoms with Crippen molar-refractivity contribution < 1.29 is 57.4 Å². The molecule has 0 atom stereocenters. The van der Waals surface area contributed by atoms with Gasteiger partial charge in [-0.05, 0) is 18.2 Å². The van der Waals surface area contributed by atoms with Crippen LogP contribution in [0.25, 0.3) is 0 Å². The van der Waals surface area contributed by atoms with E-state index in [2.05, 4.69) is 4.74 Å². The molecule has 144 valence electrons. The standard InChI is InChI=1S/C12H6F12O/c13-9(14,15)5-1-2-6(10(16,17)18)7(3-5)25-4-8(11(19,20)21)12(22,23)24/h1-3,8H,4H2. The molecule has 0 aromatic heterocycles. The average Bonchev–Trinajstić information content (AvgIpc) is 2.33. The Morgan fingerprint density at radius 2 is 1.20 bits per heavy atom. The van der Waals surface area contributed by atoms with Gasteiger partial charge < -0.3 is 4.74 Å². The van der Waals surface area contributed by atoms with E-state index in [1.165, 1.54) is 0 Å². The smallest absolute Gasteiger partial charge is 0.419 e. The molecule has 0 bridgehead atoms. The van der Waals surface area contributed by atoms with Gasteiger partial charge in [0, 0.05) is 0 Å². The van der Waals surface area contributed by atoms with Crippen molar-refractivity contribution >= 4 is 0 Å². The number of benzene rings is 1. The fraction of sp³-hybridized carbons (Fsp3) is 0.500. The first-order valence-corrected chi connectivity index (χ1v) is 5.98. The first-order chi connectivity index (χ1) is 10.9. The van der Waals surface area contributed by atoms with Crippen molar-refractivity contribution in [1.29, 1.82) is 0 Å². The third-order valence-electron chi connectivity index (χ3n) is 2.81. The maximum atomic E-state index is 12.7. The number of ether oxygens (including phenoxy) is 1. The van der Waals surface area contributed by atoms with Crippen LogP contribution in [0.3, 0.4) is 0 Å². The van der Waals surface area contributed by atoms with E-state index < -0.39 is 54.1 Å². The summed E-state index contributed by atoms with van der Waals surface area (Å²) in [5, 5.41) is 0. The Morgan fingerprint density at radius 1 is 0.720 bits per heavy atom. The van der Waals surface area contributed by atoms with Crippen molar-refractivity contribution in [2.45, 2.75) is 24.7 Å². The SMILES string of the molecule is FC(F)(F)c1ccc(C(F)(F)F)c(OCC(C(F)(F)F)C(F)(F)F)c1. The van der Waals surface area contributed by atoms with Gasteiger partial charge in [0.2, 0.25) is 0 Å². The number of halogens is 12. The van der Waals surface area contributed by atoms with Gasteiger partial charge in [-0.1, -0.05) is 0 Å². The molecule has 1 rings (SSSR count). The first kappa shape index (κ1) is 21.2. The molecular formula is C12H6F12O. The van der Waals surface area contributed by atoms with Crippen molar-refractivity contribution in [3.05, 3.63) is 29.3 Å². The highest BCUT2D eigenvalue weighted by atomic mass is 19.4. The van der Waals surface area contributed by atoms with Gasteiger partial charge >= 0.3 is 24.7 Å². The lowest BCUT2D eigenvalue weighted by atomic mass is 10.1. The fourth-order valence-electron chi connectivity index (χ4n) is 1.60. The van der Waals surface area contributed by atoms with Gasteiger partial charge in [0.25, 0.3) is 0 Å². The molecule has 0 radical (unpaired) electrons. The van der Waals surface area contributed by atoms with E-state index >= 15 is 0 Å². The zero-order valence-electron chi connectivity index (χ0n) is 11.5. The van der Waals surface area contributed by atoms with E-state index in [0.717, 1.165) is 0 Å². The highest BCUT2D eigenvalue weighted by Crippen LogP contribution is 2.43. The second kappa shape index (κ2) is 6.48. The predicted octanol–water partition coefficient (Wildman–Crippen LogP) is 5.84. The normalized spacial score (nSPS) is 14.1. The zero-order chi connectivity index (χ0) is 19.8. The highest BCUT2D eigenvalue weighted by Gasteiger charge is 2.57. The van der Waals surface area contributed by atoms with Gasteiger partial charge in [0.15, 0.2) is 5.92 Å². The van der Waals surface area contributed by atoms with Crippen molar-refractivity contribution in [1.82, 2.24) is 0 Å². The Bertz CT molecular complexity index is 578. The minimum absolute atomic E-state index is 0.0271. The maximum absolute atomic E-state index is 12.7. The zero-order valence-corrected chi connectivity index (χ0v) is 11.5. The van der Waals surface area contributed by atoms with Crippen LogP contribution in [-0.2, 0) is 12.4 Å². The molecule has 0 fully saturated rings. The van der Waals surface area contributed by atoms with Crippen LogP contribution >= 0.6 is 0 Å². The van der Waals surface area contributed by atoms with E-state index in [-0.39, 0.29) is 18.2 Å². The van der Waals surface area contributed by atoms with Gasteiger partial charge in [0.05, 0.1) is 11.1 Å². The molecule has 0 saturated heterocycles. The summed E-state index contributed by atoms with van der Waals surface area (Å²) in [6.45, 7) is -2.36. The van der Waals surface area contributed by atoms with Gasteiger partial charge in [-0.15, -0.1) is 0 Å². The van der Waals surface area contributed by atoms with Crippen LogP contribution in [-0.4, -0.2) is 19.0 Å². The molecule has 0 spiro atoms. The summed E-state index contributed by atoms with van der Waals surface area (Å²) in [6, 6.07) is -0.484. The van der Waals surface area contributed by atoms with Crippen molar-refractivity contribution in [2.24, 2.45) is 5.92 Å². The molecule has 0 heterocycles. The monoisotopic (exact) mass is 394 g/mol. The Kier molecular flexibility index (Phi) is 5.50. The molecule has 13 heteroatoms. The van der Waals surface area contributed by atoms with Crippen LogP contribution in [0, 0.1) is 5.92 Å². The van der Waals surface area contributed by atoms with E-state index in [9.17, 15) is 52.7 Å². The molecular weight excluding hydrogens is 388 g/mol. The number of hydrogen-bond acceptors (Lipinski definition) is 1. The second-order valence-corrected chi connectivity index (χ2v) is 4.65. The minimum Gasteiger partial charge on any atom is -0.492 e. The molecule has 1 aromatic carbocycles. The quantitative estimate of drug-likeness (QED) is 0.585. The Morgan fingerprint density at radius 3 is 1.56 bits per heavy atom. The van der Waals surface area contributed by atoms with Gasteiger partial charge in [0.1, 0.15) is 12.4 Å². The molecule has 0 amide bonds. The van der Waals surface area contributed by atoms with Crippen molar-refractivity contribution in [3.8, 4) is 5.75 Å². The van der Waals surface area contributed by atoms with E-state index in [4.69, 9.17) is 0 Å². The molecule has 0 aliphatic carbocycles. The third-order valence-corrected chi connectivity index (χ3v) is 2.81. The van der Waals surface area contributed by atoms with Crippen molar-refractivity contribution in [3.63, 3.8) is 0 Å². The second-order valence-electron chi connectivity index (χ2n) is 4.65. The lowest BCUT2D eigenvalue weighted by Crippen LogP contribution is -2.40. The number of alkyl halides is 12. The van der Waals surface area contributed by atoms with Crippen LogP contribution in [0.4, 0.5) is 52.7 Å². The Balaban J connectivity index is 3.26. The summed E-state index contributed by atoms with van der Waals surface area (Å²) in [5.74, 6) is -5.96. The van der Waals surface area contributed by atoms with E-state index in [1.807, 2.05) is 0 Å². The van der Waals surface area contributed by atoms with Crippen LogP contribution < -0.4 is 4.74 Å². The van der Waals surface area contributed by atoms with E-state index in [1.54, 1.807) is 0 Å². The largest absolute Gasteiger partial charge is 0.492 e. The summed E-state index contributed by atoms with van der Waals surface area (Å²) in [7, 11) is 0. The molecule has 0 saturated carbocycles. The predicted molar refractivity (Wildman–Crippen MR) is 57.5 cm³/mol. The minimum atomic E-state index is -5.92. The Hall–Kier alpha value is -1.82. The average molecular weight is 394 g/mol.